The maximum atomic E-state index is 5.99. The van der Waals surface area contributed by atoms with E-state index in [9.17, 15) is 0 Å². The number of nitrogens with zero attached hydrogens (tertiary/aromatic N) is 2. The molecule has 0 aromatic carbocycles. The average molecular weight is 304 g/mol. The summed E-state index contributed by atoms with van der Waals surface area (Å²) in [6, 6.07) is 2.12. The molecule has 0 bridgehead atoms. The third-order valence-electron chi connectivity index (χ3n) is 2.47. The molecule has 19 heavy (non-hydrogen) atoms. The van der Waals surface area contributed by atoms with E-state index in [1.807, 2.05) is 18.7 Å². The molecule has 0 fully saturated rings. The van der Waals surface area contributed by atoms with Gasteiger partial charge in [0.05, 0.1) is 0 Å². The van der Waals surface area contributed by atoms with Crippen LogP contribution in [-0.4, -0.2) is 34.1 Å². The molecule has 1 rings (SSSR count). The summed E-state index contributed by atoms with van der Waals surface area (Å²) in [4.78, 5) is 8.54. The van der Waals surface area contributed by atoms with Crippen molar-refractivity contribution in [2.75, 3.05) is 23.4 Å². The Labute approximate surface area is 124 Å². The van der Waals surface area contributed by atoms with Crippen molar-refractivity contribution in [2.45, 2.75) is 39.8 Å². The summed E-state index contributed by atoms with van der Waals surface area (Å²) in [5, 5.41) is 3.80. The van der Waals surface area contributed by atoms with Crippen molar-refractivity contribution in [1.82, 2.24) is 9.97 Å². The SMILES string of the molecule is CCOCc1nc(Cl)cc(NC(C)CCSCC)n1. The molecule has 0 saturated heterocycles. The number of aromatic nitrogens is 2. The fourth-order valence-corrected chi connectivity index (χ4v) is 2.54. The van der Waals surface area contributed by atoms with E-state index < -0.39 is 0 Å². The second-order valence-electron chi connectivity index (χ2n) is 4.16. The van der Waals surface area contributed by atoms with Gasteiger partial charge in [0.2, 0.25) is 0 Å². The lowest BCUT2D eigenvalue weighted by Crippen LogP contribution is -2.17. The number of halogens is 1. The predicted octanol–water partition coefficient (Wildman–Crippen LogP) is 3.61. The van der Waals surface area contributed by atoms with Gasteiger partial charge in [0.1, 0.15) is 17.6 Å². The van der Waals surface area contributed by atoms with Crippen LogP contribution in [0, 0.1) is 0 Å². The third kappa shape index (κ3) is 6.99. The molecule has 1 atom stereocenters. The normalized spacial score (nSPS) is 12.4. The van der Waals surface area contributed by atoms with Gasteiger partial charge in [-0.2, -0.15) is 11.8 Å². The molecule has 1 unspecified atom stereocenters. The molecule has 0 aliphatic carbocycles. The van der Waals surface area contributed by atoms with Gasteiger partial charge >= 0.3 is 0 Å². The van der Waals surface area contributed by atoms with Crippen molar-refractivity contribution in [3.63, 3.8) is 0 Å². The van der Waals surface area contributed by atoms with Crippen LogP contribution in [0.25, 0.3) is 0 Å². The second-order valence-corrected chi connectivity index (χ2v) is 5.94. The maximum absolute atomic E-state index is 5.99. The Balaban J connectivity index is 2.54. The molecule has 0 aliphatic rings. The zero-order valence-corrected chi connectivity index (χ0v) is 13.4. The maximum Gasteiger partial charge on any atom is 0.158 e. The molecule has 0 radical (unpaired) electrons. The first kappa shape index (κ1) is 16.5. The summed E-state index contributed by atoms with van der Waals surface area (Å²) in [6.07, 6.45) is 1.10. The molecule has 1 aromatic rings. The first-order valence-corrected chi connectivity index (χ1v) is 8.14. The van der Waals surface area contributed by atoms with Crippen LogP contribution in [0.15, 0.2) is 6.07 Å². The fourth-order valence-electron chi connectivity index (χ4n) is 1.53. The third-order valence-corrected chi connectivity index (χ3v) is 3.60. The van der Waals surface area contributed by atoms with Gasteiger partial charge < -0.3 is 10.1 Å². The zero-order valence-electron chi connectivity index (χ0n) is 11.8. The fraction of sp³-hybridized carbons (Fsp3) is 0.692. The van der Waals surface area contributed by atoms with Crippen LogP contribution < -0.4 is 5.32 Å². The predicted molar refractivity (Wildman–Crippen MR) is 83.1 cm³/mol. The Morgan fingerprint density at radius 3 is 2.89 bits per heavy atom. The van der Waals surface area contributed by atoms with Crippen LogP contribution >= 0.6 is 23.4 Å². The van der Waals surface area contributed by atoms with E-state index in [0.29, 0.717) is 30.2 Å². The van der Waals surface area contributed by atoms with Gasteiger partial charge in [-0.15, -0.1) is 0 Å². The van der Waals surface area contributed by atoms with E-state index in [2.05, 4.69) is 29.1 Å². The number of hydrogen-bond acceptors (Lipinski definition) is 5. The van der Waals surface area contributed by atoms with Gasteiger partial charge in [-0.05, 0) is 31.8 Å². The summed E-state index contributed by atoms with van der Waals surface area (Å²) < 4.78 is 5.30. The van der Waals surface area contributed by atoms with Crippen LogP contribution in [0.5, 0.6) is 0 Å². The van der Waals surface area contributed by atoms with E-state index >= 15 is 0 Å². The van der Waals surface area contributed by atoms with E-state index in [1.54, 1.807) is 6.07 Å². The monoisotopic (exact) mass is 303 g/mol. The Bertz CT molecular complexity index is 379. The summed E-state index contributed by atoms with van der Waals surface area (Å²) in [5.41, 5.74) is 0. The number of rotatable bonds is 9. The molecule has 1 N–H and O–H groups in total. The molecular weight excluding hydrogens is 282 g/mol. The highest BCUT2D eigenvalue weighted by molar-refractivity contribution is 7.99. The number of thioether (sulfide) groups is 1. The Kier molecular flexibility index (Phi) is 8.18. The van der Waals surface area contributed by atoms with Gasteiger partial charge in [-0.3, -0.25) is 0 Å². The minimum absolute atomic E-state index is 0.366. The van der Waals surface area contributed by atoms with Gasteiger partial charge in [-0.1, -0.05) is 18.5 Å². The molecule has 6 heteroatoms. The molecule has 1 aromatic heterocycles. The van der Waals surface area contributed by atoms with Crippen molar-refractivity contribution < 1.29 is 4.74 Å². The first-order valence-electron chi connectivity index (χ1n) is 6.61. The topological polar surface area (TPSA) is 47.0 Å². The van der Waals surface area contributed by atoms with Crippen LogP contribution in [0.1, 0.15) is 33.0 Å². The standard InChI is InChI=1S/C13H22ClN3OS/c1-4-18-9-13-16-11(14)8-12(17-13)15-10(3)6-7-19-5-2/h8,10H,4-7,9H2,1-3H3,(H,15,16,17). The molecule has 0 spiro atoms. The van der Waals surface area contributed by atoms with E-state index in [1.165, 1.54) is 0 Å². The molecule has 0 aliphatic heterocycles. The lowest BCUT2D eigenvalue weighted by Gasteiger charge is -2.14. The molecule has 4 nitrogen and oxygen atoms in total. The van der Waals surface area contributed by atoms with E-state index in [0.717, 1.165) is 23.7 Å². The van der Waals surface area contributed by atoms with Crippen LogP contribution in [0.3, 0.4) is 0 Å². The molecule has 0 saturated carbocycles. The van der Waals surface area contributed by atoms with Crippen LogP contribution in [0.2, 0.25) is 5.15 Å². The molecule has 1 heterocycles. The number of anilines is 1. The summed E-state index contributed by atoms with van der Waals surface area (Å²) in [5.74, 6) is 3.69. The summed E-state index contributed by atoms with van der Waals surface area (Å²) in [6.45, 7) is 7.30. The van der Waals surface area contributed by atoms with Gasteiger partial charge in [-0.25, -0.2) is 9.97 Å². The van der Waals surface area contributed by atoms with Crippen molar-refractivity contribution >= 4 is 29.2 Å². The highest BCUT2D eigenvalue weighted by Crippen LogP contribution is 2.14. The minimum Gasteiger partial charge on any atom is -0.374 e. The smallest absolute Gasteiger partial charge is 0.158 e. The van der Waals surface area contributed by atoms with Crippen LogP contribution in [0.4, 0.5) is 5.82 Å². The summed E-state index contributed by atoms with van der Waals surface area (Å²) in [7, 11) is 0. The zero-order chi connectivity index (χ0) is 14.1. The molecule has 108 valence electrons. The van der Waals surface area contributed by atoms with Crippen LogP contribution in [-0.2, 0) is 11.3 Å². The van der Waals surface area contributed by atoms with Gasteiger partial charge in [0.25, 0.3) is 0 Å². The largest absolute Gasteiger partial charge is 0.374 e. The number of hydrogen-bond donors (Lipinski definition) is 1. The van der Waals surface area contributed by atoms with Crippen molar-refractivity contribution in [2.24, 2.45) is 0 Å². The van der Waals surface area contributed by atoms with Gasteiger partial charge in [0.15, 0.2) is 5.82 Å². The van der Waals surface area contributed by atoms with E-state index in [4.69, 9.17) is 16.3 Å². The Morgan fingerprint density at radius 1 is 1.42 bits per heavy atom. The number of nitrogens with one attached hydrogen (secondary N) is 1. The Hall–Kier alpha value is -0.520. The minimum atomic E-state index is 0.366. The Morgan fingerprint density at radius 2 is 2.21 bits per heavy atom. The highest BCUT2D eigenvalue weighted by atomic mass is 35.5. The second kappa shape index (κ2) is 9.39. The highest BCUT2D eigenvalue weighted by Gasteiger charge is 2.07. The lowest BCUT2D eigenvalue weighted by atomic mass is 10.2. The lowest BCUT2D eigenvalue weighted by molar-refractivity contribution is 0.128. The average Bonchev–Trinajstić information content (AvgIpc) is 2.36. The van der Waals surface area contributed by atoms with Crippen molar-refractivity contribution in [3.8, 4) is 0 Å². The van der Waals surface area contributed by atoms with Crippen molar-refractivity contribution in [3.05, 3.63) is 17.0 Å². The first-order chi connectivity index (χ1) is 9.15. The molecule has 0 amide bonds. The van der Waals surface area contributed by atoms with E-state index in [-0.39, 0.29) is 0 Å². The van der Waals surface area contributed by atoms with Gasteiger partial charge in [0, 0.05) is 18.7 Å². The quantitative estimate of drug-likeness (QED) is 0.558. The number of ether oxygens (including phenoxy) is 1. The van der Waals surface area contributed by atoms with Crippen molar-refractivity contribution in [1.29, 1.82) is 0 Å². The summed E-state index contributed by atoms with van der Waals surface area (Å²) >= 11 is 7.93. The molecular formula is C13H22ClN3OS.